The molecule has 0 bridgehead atoms. The smallest absolute Gasteiger partial charge is 0.253 e. The van der Waals surface area contributed by atoms with Crippen LogP contribution in [-0.4, -0.2) is 31.5 Å². The van der Waals surface area contributed by atoms with Crippen molar-refractivity contribution in [3.05, 3.63) is 23.8 Å². The number of nitrogens with two attached hydrogens (primary N) is 1. The lowest BCUT2D eigenvalue weighted by Gasteiger charge is -2.21. The van der Waals surface area contributed by atoms with E-state index in [1.54, 1.807) is 30.2 Å². The second-order valence-corrected chi connectivity index (χ2v) is 4.66. The molecular weight excluding hydrogens is 228 g/mol. The number of anilines is 1. The van der Waals surface area contributed by atoms with Crippen molar-refractivity contribution in [2.75, 3.05) is 26.4 Å². The molecule has 1 amide bonds. The van der Waals surface area contributed by atoms with E-state index in [1.807, 2.05) is 7.05 Å². The quantitative estimate of drug-likeness (QED) is 0.816. The van der Waals surface area contributed by atoms with Crippen LogP contribution in [0.1, 0.15) is 30.6 Å². The third-order valence-electron chi connectivity index (χ3n) is 3.11. The van der Waals surface area contributed by atoms with E-state index in [0.717, 1.165) is 13.0 Å². The average molecular weight is 250 g/mol. The highest BCUT2D eigenvalue weighted by Gasteiger charge is 2.14. The predicted molar refractivity (Wildman–Crippen MR) is 73.8 cm³/mol. The second kappa shape index (κ2) is 6.28. The summed E-state index contributed by atoms with van der Waals surface area (Å²) in [4.78, 5) is 13.9. The van der Waals surface area contributed by atoms with Crippen LogP contribution < -0.4 is 10.5 Å². The minimum Gasteiger partial charge on any atom is -0.495 e. The van der Waals surface area contributed by atoms with E-state index in [9.17, 15) is 4.79 Å². The Morgan fingerprint density at radius 3 is 2.67 bits per heavy atom. The molecule has 1 atom stereocenters. The molecule has 0 aliphatic rings. The van der Waals surface area contributed by atoms with Gasteiger partial charge in [-0.25, -0.2) is 0 Å². The predicted octanol–water partition coefficient (Wildman–Crippen LogP) is 2.40. The van der Waals surface area contributed by atoms with Gasteiger partial charge >= 0.3 is 0 Å². The number of rotatable bonds is 5. The number of carbonyl (C=O) groups excluding carboxylic acids is 1. The summed E-state index contributed by atoms with van der Waals surface area (Å²) < 4.78 is 5.07. The van der Waals surface area contributed by atoms with E-state index >= 15 is 0 Å². The van der Waals surface area contributed by atoms with Crippen LogP contribution in [-0.2, 0) is 0 Å². The monoisotopic (exact) mass is 250 g/mol. The van der Waals surface area contributed by atoms with E-state index in [4.69, 9.17) is 10.5 Å². The third kappa shape index (κ3) is 3.39. The van der Waals surface area contributed by atoms with E-state index in [1.165, 1.54) is 0 Å². The Labute approximate surface area is 109 Å². The lowest BCUT2D eigenvalue weighted by Crippen LogP contribution is -2.30. The molecular formula is C14H22N2O2. The number of amides is 1. The fourth-order valence-electron chi connectivity index (χ4n) is 1.77. The Balaban J connectivity index is 2.80. The van der Waals surface area contributed by atoms with Crippen molar-refractivity contribution in [2.24, 2.45) is 5.92 Å². The summed E-state index contributed by atoms with van der Waals surface area (Å²) >= 11 is 0. The summed E-state index contributed by atoms with van der Waals surface area (Å²) in [7, 11) is 3.37. The molecule has 0 aliphatic carbocycles. The Kier molecular flexibility index (Phi) is 5.01. The Morgan fingerprint density at radius 1 is 1.50 bits per heavy atom. The average Bonchev–Trinajstić information content (AvgIpc) is 2.37. The lowest BCUT2D eigenvalue weighted by molar-refractivity contribution is 0.0775. The molecule has 0 aromatic heterocycles. The van der Waals surface area contributed by atoms with Gasteiger partial charge in [-0.1, -0.05) is 20.3 Å². The van der Waals surface area contributed by atoms with Crippen molar-refractivity contribution in [1.29, 1.82) is 0 Å². The van der Waals surface area contributed by atoms with Gasteiger partial charge in [-0.05, 0) is 24.1 Å². The van der Waals surface area contributed by atoms with E-state index < -0.39 is 0 Å². The van der Waals surface area contributed by atoms with Crippen molar-refractivity contribution in [2.45, 2.75) is 20.3 Å². The lowest BCUT2D eigenvalue weighted by atomic mass is 10.1. The fraction of sp³-hybridized carbons (Fsp3) is 0.500. The van der Waals surface area contributed by atoms with Crippen molar-refractivity contribution < 1.29 is 9.53 Å². The first-order valence-corrected chi connectivity index (χ1v) is 6.18. The fourth-order valence-corrected chi connectivity index (χ4v) is 1.77. The van der Waals surface area contributed by atoms with Crippen LogP contribution >= 0.6 is 0 Å². The van der Waals surface area contributed by atoms with Crippen LogP contribution in [0.4, 0.5) is 5.69 Å². The summed E-state index contributed by atoms with van der Waals surface area (Å²) in [6, 6.07) is 5.12. The summed E-state index contributed by atoms with van der Waals surface area (Å²) in [6.45, 7) is 5.00. The number of carbonyl (C=O) groups is 1. The summed E-state index contributed by atoms with van der Waals surface area (Å²) in [5, 5.41) is 0. The molecule has 0 aliphatic heterocycles. The first-order chi connectivity index (χ1) is 8.49. The van der Waals surface area contributed by atoms with Gasteiger partial charge in [0.25, 0.3) is 5.91 Å². The molecule has 100 valence electrons. The molecule has 4 heteroatoms. The molecule has 0 saturated carbocycles. The maximum absolute atomic E-state index is 12.2. The minimum atomic E-state index is -0.00958. The molecule has 0 fully saturated rings. The highest BCUT2D eigenvalue weighted by molar-refractivity contribution is 5.95. The van der Waals surface area contributed by atoms with Crippen molar-refractivity contribution in [3.8, 4) is 5.75 Å². The molecule has 0 heterocycles. The minimum absolute atomic E-state index is 0.00958. The highest BCUT2D eigenvalue weighted by atomic mass is 16.5. The zero-order valence-corrected chi connectivity index (χ0v) is 11.6. The molecule has 0 spiro atoms. The van der Waals surface area contributed by atoms with Gasteiger partial charge < -0.3 is 15.4 Å². The van der Waals surface area contributed by atoms with Crippen LogP contribution in [0.3, 0.4) is 0 Å². The number of nitrogen functional groups attached to an aromatic ring is 1. The first-order valence-electron chi connectivity index (χ1n) is 6.18. The van der Waals surface area contributed by atoms with Gasteiger partial charge in [0.2, 0.25) is 0 Å². The van der Waals surface area contributed by atoms with Crippen LogP contribution in [0.15, 0.2) is 18.2 Å². The first kappa shape index (κ1) is 14.4. The van der Waals surface area contributed by atoms with Gasteiger partial charge in [-0.2, -0.15) is 0 Å². The largest absolute Gasteiger partial charge is 0.495 e. The van der Waals surface area contributed by atoms with Crippen molar-refractivity contribution in [3.63, 3.8) is 0 Å². The van der Waals surface area contributed by atoms with E-state index in [0.29, 0.717) is 22.9 Å². The van der Waals surface area contributed by atoms with Gasteiger partial charge in [-0.3, -0.25) is 4.79 Å². The SMILES string of the molecule is CCC(C)CN(C)C(=O)c1ccc(OC)c(N)c1. The number of hydrogen-bond acceptors (Lipinski definition) is 3. The van der Waals surface area contributed by atoms with Crippen LogP contribution in [0, 0.1) is 5.92 Å². The third-order valence-corrected chi connectivity index (χ3v) is 3.11. The van der Waals surface area contributed by atoms with Gasteiger partial charge in [-0.15, -0.1) is 0 Å². The molecule has 1 aromatic carbocycles. The zero-order valence-electron chi connectivity index (χ0n) is 11.6. The van der Waals surface area contributed by atoms with Gasteiger partial charge in [0.05, 0.1) is 12.8 Å². The molecule has 18 heavy (non-hydrogen) atoms. The molecule has 4 nitrogen and oxygen atoms in total. The number of ether oxygens (including phenoxy) is 1. The Hall–Kier alpha value is -1.71. The maximum atomic E-state index is 12.2. The maximum Gasteiger partial charge on any atom is 0.253 e. The van der Waals surface area contributed by atoms with Gasteiger partial charge in [0.1, 0.15) is 5.75 Å². The highest BCUT2D eigenvalue weighted by Crippen LogP contribution is 2.22. The van der Waals surface area contributed by atoms with Crippen LogP contribution in [0.5, 0.6) is 5.75 Å². The summed E-state index contributed by atoms with van der Waals surface area (Å²) in [6.07, 6.45) is 1.06. The molecule has 1 aromatic rings. The summed E-state index contributed by atoms with van der Waals surface area (Å²) in [5.41, 5.74) is 6.88. The number of methoxy groups -OCH3 is 1. The van der Waals surface area contributed by atoms with E-state index in [-0.39, 0.29) is 5.91 Å². The van der Waals surface area contributed by atoms with Crippen LogP contribution in [0.2, 0.25) is 0 Å². The molecule has 0 saturated heterocycles. The Bertz CT molecular complexity index is 418. The van der Waals surface area contributed by atoms with Gasteiger partial charge in [0, 0.05) is 19.2 Å². The molecule has 1 unspecified atom stereocenters. The van der Waals surface area contributed by atoms with Crippen molar-refractivity contribution in [1.82, 2.24) is 4.90 Å². The van der Waals surface area contributed by atoms with Gasteiger partial charge in [0.15, 0.2) is 0 Å². The molecule has 1 rings (SSSR count). The molecule has 2 N–H and O–H groups in total. The standard InChI is InChI=1S/C14H22N2O2/c1-5-10(2)9-16(3)14(17)11-6-7-13(18-4)12(15)8-11/h6-8,10H,5,9,15H2,1-4H3. The second-order valence-electron chi connectivity index (χ2n) is 4.66. The topological polar surface area (TPSA) is 55.6 Å². The molecule has 0 radical (unpaired) electrons. The summed E-state index contributed by atoms with van der Waals surface area (Å²) in [5.74, 6) is 1.08. The number of benzene rings is 1. The zero-order chi connectivity index (χ0) is 13.7. The number of hydrogen-bond donors (Lipinski definition) is 1. The Morgan fingerprint density at radius 2 is 2.17 bits per heavy atom. The number of nitrogens with zero attached hydrogens (tertiary/aromatic N) is 1. The van der Waals surface area contributed by atoms with E-state index in [2.05, 4.69) is 13.8 Å². The van der Waals surface area contributed by atoms with Crippen molar-refractivity contribution >= 4 is 11.6 Å². The van der Waals surface area contributed by atoms with Crippen LogP contribution in [0.25, 0.3) is 0 Å². The normalized spacial score (nSPS) is 12.0.